The zero-order chi connectivity index (χ0) is 14.9. The first kappa shape index (κ1) is 14.5. The zero-order valence-electron chi connectivity index (χ0n) is 12.1. The number of rotatable bonds is 3. The number of aromatic nitrogens is 2. The minimum absolute atomic E-state index is 0.156. The monoisotopic (exact) mass is 278 g/mol. The highest BCUT2D eigenvalue weighted by Gasteiger charge is 2.27. The highest BCUT2D eigenvalue weighted by molar-refractivity contribution is 5.43. The Kier molecular flexibility index (Phi) is 3.81. The van der Waals surface area contributed by atoms with Gasteiger partial charge in [0.05, 0.1) is 30.7 Å². The van der Waals surface area contributed by atoms with Crippen LogP contribution in [0.2, 0.25) is 0 Å². The predicted molar refractivity (Wildman–Crippen MR) is 74.7 cm³/mol. The molecule has 108 valence electrons. The van der Waals surface area contributed by atoms with Crippen LogP contribution in [0.15, 0.2) is 24.3 Å². The zero-order valence-corrected chi connectivity index (χ0v) is 12.1. The van der Waals surface area contributed by atoms with E-state index in [1.807, 2.05) is 20.8 Å². The van der Waals surface area contributed by atoms with Crippen molar-refractivity contribution < 1.29 is 14.2 Å². The fourth-order valence-corrected chi connectivity index (χ4v) is 2.15. The van der Waals surface area contributed by atoms with E-state index in [-0.39, 0.29) is 17.8 Å². The van der Waals surface area contributed by atoms with E-state index in [0.29, 0.717) is 17.1 Å². The lowest BCUT2D eigenvalue weighted by molar-refractivity contribution is 0.269. The first-order valence-corrected chi connectivity index (χ1v) is 6.41. The van der Waals surface area contributed by atoms with Crippen molar-refractivity contribution in [3.63, 3.8) is 0 Å². The third kappa shape index (κ3) is 2.54. The molecule has 4 nitrogen and oxygen atoms in total. The van der Waals surface area contributed by atoms with Crippen LogP contribution in [0.1, 0.15) is 32.0 Å². The summed E-state index contributed by atoms with van der Waals surface area (Å²) in [6.45, 7) is 5.89. The van der Waals surface area contributed by atoms with Crippen LogP contribution < -0.4 is 4.74 Å². The van der Waals surface area contributed by atoms with Crippen LogP contribution in [0.3, 0.4) is 0 Å². The lowest BCUT2D eigenvalue weighted by Gasteiger charge is -2.16. The molecule has 0 saturated heterocycles. The third-order valence-corrected chi connectivity index (χ3v) is 3.07. The molecule has 0 aliphatic rings. The van der Waals surface area contributed by atoms with Gasteiger partial charge in [0.2, 0.25) is 5.88 Å². The summed E-state index contributed by atoms with van der Waals surface area (Å²) in [6.07, 6.45) is 0. The number of hydrogen-bond acceptors (Lipinski definition) is 3. The van der Waals surface area contributed by atoms with Gasteiger partial charge in [0.15, 0.2) is 0 Å². The van der Waals surface area contributed by atoms with Crippen LogP contribution in [0, 0.1) is 5.82 Å². The molecule has 1 heterocycles. The van der Waals surface area contributed by atoms with Crippen molar-refractivity contribution in [2.45, 2.75) is 32.8 Å². The standard InChI is InChI=1S/C15H19FN2O2/c1-15(2,3)13-12(9-19)14(20-4)18(17-13)11-7-5-10(16)6-8-11/h5-8,19H,9H2,1-4H3. The number of ether oxygens (including phenoxy) is 1. The minimum Gasteiger partial charge on any atom is -0.481 e. The maximum atomic E-state index is 13.0. The quantitative estimate of drug-likeness (QED) is 0.939. The van der Waals surface area contributed by atoms with E-state index >= 15 is 0 Å². The molecule has 0 saturated carbocycles. The van der Waals surface area contributed by atoms with Crippen LogP contribution >= 0.6 is 0 Å². The molecular formula is C15H19FN2O2. The van der Waals surface area contributed by atoms with E-state index in [0.717, 1.165) is 5.69 Å². The SMILES string of the molecule is COc1c(CO)c(C(C)(C)C)nn1-c1ccc(F)cc1. The molecule has 1 N–H and O–H groups in total. The normalized spacial score (nSPS) is 11.7. The largest absolute Gasteiger partial charge is 0.481 e. The second kappa shape index (κ2) is 5.25. The number of methoxy groups -OCH3 is 1. The van der Waals surface area contributed by atoms with Crippen molar-refractivity contribution in [1.29, 1.82) is 0 Å². The third-order valence-electron chi connectivity index (χ3n) is 3.07. The van der Waals surface area contributed by atoms with Gasteiger partial charge >= 0.3 is 0 Å². The van der Waals surface area contributed by atoms with Crippen molar-refractivity contribution in [3.8, 4) is 11.6 Å². The Morgan fingerprint density at radius 2 is 1.85 bits per heavy atom. The Hall–Kier alpha value is -1.88. The smallest absolute Gasteiger partial charge is 0.222 e. The van der Waals surface area contributed by atoms with Gasteiger partial charge in [-0.2, -0.15) is 5.10 Å². The number of halogens is 1. The average Bonchev–Trinajstić information content (AvgIpc) is 2.77. The van der Waals surface area contributed by atoms with Crippen molar-refractivity contribution >= 4 is 0 Å². The highest BCUT2D eigenvalue weighted by atomic mass is 19.1. The molecule has 0 amide bonds. The molecule has 2 aromatic rings. The van der Waals surface area contributed by atoms with Gasteiger partial charge in [-0.3, -0.25) is 0 Å². The molecule has 0 atom stereocenters. The molecule has 2 rings (SSSR count). The minimum atomic E-state index is -0.307. The Labute approximate surface area is 117 Å². The lowest BCUT2D eigenvalue weighted by atomic mass is 9.89. The summed E-state index contributed by atoms with van der Waals surface area (Å²) >= 11 is 0. The van der Waals surface area contributed by atoms with E-state index in [1.54, 1.807) is 16.8 Å². The van der Waals surface area contributed by atoms with Crippen molar-refractivity contribution in [2.24, 2.45) is 0 Å². The summed E-state index contributed by atoms with van der Waals surface area (Å²) in [5, 5.41) is 14.1. The molecule has 0 bridgehead atoms. The fraction of sp³-hybridized carbons (Fsp3) is 0.400. The van der Waals surface area contributed by atoms with E-state index < -0.39 is 0 Å². The number of benzene rings is 1. The molecule has 0 fully saturated rings. The van der Waals surface area contributed by atoms with Crippen LogP contribution in [-0.2, 0) is 12.0 Å². The van der Waals surface area contributed by atoms with Gasteiger partial charge in [0.1, 0.15) is 5.82 Å². The second-order valence-electron chi connectivity index (χ2n) is 5.63. The van der Waals surface area contributed by atoms with Gasteiger partial charge < -0.3 is 9.84 Å². The van der Waals surface area contributed by atoms with Gasteiger partial charge in [-0.25, -0.2) is 9.07 Å². The molecule has 5 heteroatoms. The summed E-state index contributed by atoms with van der Waals surface area (Å²) in [6, 6.07) is 5.98. The Morgan fingerprint density at radius 1 is 1.25 bits per heavy atom. The van der Waals surface area contributed by atoms with Gasteiger partial charge in [-0.05, 0) is 24.3 Å². The van der Waals surface area contributed by atoms with Gasteiger partial charge in [0.25, 0.3) is 0 Å². The maximum absolute atomic E-state index is 13.0. The maximum Gasteiger partial charge on any atom is 0.222 e. The van der Waals surface area contributed by atoms with Gasteiger partial charge in [-0.1, -0.05) is 20.8 Å². The Balaban J connectivity index is 2.64. The summed E-state index contributed by atoms with van der Waals surface area (Å²) in [7, 11) is 1.53. The number of nitrogens with zero attached hydrogens (tertiary/aromatic N) is 2. The summed E-state index contributed by atoms with van der Waals surface area (Å²) in [4.78, 5) is 0. The van der Waals surface area contributed by atoms with Gasteiger partial charge in [-0.15, -0.1) is 0 Å². The molecule has 0 spiro atoms. The van der Waals surface area contributed by atoms with Crippen LogP contribution in [-0.4, -0.2) is 22.0 Å². The highest BCUT2D eigenvalue weighted by Crippen LogP contribution is 2.33. The van der Waals surface area contributed by atoms with Gasteiger partial charge in [0, 0.05) is 5.41 Å². The first-order chi connectivity index (χ1) is 9.38. The Bertz CT molecular complexity index is 598. The average molecular weight is 278 g/mol. The summed E-state index contributed by atoms with van der Waals surface area (Å²) < 4.78 is 20.0. The number of hydrogen-bond donors (Lipinski definition) is 1. The molecular weight excluding hydrogens is 259 g/mol. The summed E-state index contributed by atoms with van der Waals surface area (Å²) in [5.41, 5.74) is 1.88. The number of aliphatic hydroxyl groups is 1. The molecule has 20 heavy (non-hydrogen) atoms. The lowest BCUT2D eigenvalue weighted by Crippen LogP contribution is -2.15. The molecule has 0 unspecified atom stereocenters. The van der Waals surface area contributed by atoms with E-state index in [1.165, 1.54) is 19.2 Å². The van der Waals surface area contributed by atoms with E-state index in [4.69, 9.17) is 4.74 Å². The summed E-state index contributed by atoms with van der Waals surface area (Å²) in [5.74, 6) is 0.169. The fourth-order valence-electron chi connectivity index (χ4n) is 2.15. The van der Waals surface area contributed by atoms with Crippen molar-refractivity contribution in [3.05, 3.63) is 41.3 Å². The predicted octanol–water partition coefficient (Wildman–Crippen LogP) is 2.81. The Morgan fingerprint density at radius 3 is 2.30 bits per heavy atom. The van der Waals surface area contributed by atoms with Crippen LogP contribution in [0.25, 0.3) is 5.69 Å². The molecule has 1 aromatic carbocycles. The van der Waals surface area contributed by atoms with Crippen LogP contribution in [0.5, 0.6) is 5.88 Å². The van der Waals surface area contributed by atoms with Crippen LogP contribution in [0.4, 0.5) is 4.39 Å². The molecule has 0 aliphatic heterocycles. The van der Waals surface area contributed by atoms with Crippen molar-refractivity contribution in [1.82, 2.24) is 9.78 Å². The van der Waals surface area contributed by atoms with E-state index in [9.17, 15) is 9.50 Å². The molecule has 0 radical (unpaired) electrons. The number of aliphatic hydroxyl groups excluding tert-OH is 1. The molecule has 1 aromatic heterocycles. The van der Waals surface area contributed by atoms with Crippen molar-refractivity contribution in [2.75, 3.05) is 7.11 Å². The second-order valence-corrected chi connectivity index (χ2v) is 5.63. The first-order valence-electron chi connectivity index (χ1n) is 6.41. The molecule has 0 aliphatic carbocycles. The topological polar surface area (TPSA) is 47.3 Å². The van der Waals surface area contributed by atoms with E-state index in [2.05, 4.69) is 5.10 Å².